The lowest BCUT2D eigenvalue weighted by Crippen LogP contribution is -2.43. The summed E-state index contributed by atoms with van der Waals surface area (Å²) in [7, 11) is -3.06. The van der Waals surface area contributed by atoms with Gasteiger partial charge < -0.3 is 11.1 Å². The average molecular weight is 341 g/mol. The molecular formula is C14H29ClN2O3S. The van der Waals surface area contributed by atoms with Gasteiger partial charge in [0.1, 0.15) is 0 Å². The van der Waals surface area contributed by atoms with Crippen LogP contribution in [0.4, 0.5) is 0 Å². The first kappa shape index (κ1) is 20.7. The third-order valence-electron chi connectivity index (χ3n) is 4.23. The molecule has 0 saturated heterocycles. The highest BCUT2D eigenvalue weighted by Crippen LogP contribution is 2.38. The number of hydrogen-bond donors (Lipinski definition) is 2. The molecule has 0 aromatic rings. The summed E-state index contributed by atoms with van der Waals surface area (Å²) in [6, 6.07) is -0.342. The van der Waals surface area contributed by atoms with Crippen LogP contribution in [0.25, 0.3) is 0 Å². The van der Waals surface area contributed by atoms with Crippen LogP contribution in [0.3, 0.4) is 0 Å². The largest absolute Gasteiger partial charge is 0.353 e. The fourth-order valence-electron chi connectivity index (χ4n) is 2.96. The second-order valence-corrected chi connectivity index (χ2v) is 8.51. The third kappa shape index (κ3) is 6.98. The maximum Gasteiger partial charge on any atom is 0.220 e. The number of nitrogens with one attached hydrogen (secondary N) is 1. The minimum Gasteiger partial charge on any atom is -0.353 e. The monoisotopic (exact) mass is 340 g/mol. The zero-order valence-corrected chi connectivity index (χ0v) is 14.7. The predicted molar refractivity (Wildman–Crippen MR) is 88.4 cm³/mol. The van der Waals surface area contributed by atoms with Crippen molar-refractivity contribution in [3.8, 4) is 0 Å². The molecule has 5 nitrogen and oxygen atoms in total. The van der Waals surface area contributed by atoms with Crippen LogP contribution in [0.2, 0.25) is 0 Å². The van der Waals surface area contributed by atoms with E-state index in [9.17, 15) is 13.2 Å². The predicted octanol–water partition coefficient (Wildman–Crippen LogP) is 1.65. The molecule has 0 heterocycles. The highest BCUT2D eigenvalue weighted by molar-refractivity contribution is 7.91. The molecule has 126 valence electrons. The van der Waals surface area contributed by atoms with Gasteiger partial charge in [0, 0.05) is 18.2 Å². The first-order valence-corrected chi connectivity index (χ1v) is 9.34. The molecule has 1 saturated carbocycles. The molecule has 1 rings (SSSR count). The molecule has 0 bridgehead atoms. The van der Waals surface area contributed by atoms with Crippen molar-refractivity contribution in [1.82, 2.24) is 5.32 Å². The summed E-state index contributed by atoms with van der Waals surface area (Å²) in [4.78, 5) is 12.1. The molecule has 0 aromatic heterocycles. The lowest BCUT2D eigenvalue weighted by atomic mass is 9.71. The maximum atomic E-state index is 12.1. The van der Waals surface area contributed by atoms with E-state index in [1.165, 1.54) is 6.42 Å². The Balaban J connectivity index is 0.00000400. The SMILES string of the molecule is CCS(=O)(=O)CC(C)NC(=O)CC1(CN)CCCCC1.Cl. The Hall–Kier alpha value is -0.330. The van der Waals surface area contributed by atoms with Crippen LogP contribution in [0, 0.1) is 5.41 Å². The van der Waals surface area contributed by atoms with E-state index in [0.717, 1.165) is 25.7 Å². The quantitative estimate of drug-likeness (QED) is 0.737. The van der Waals surface area contributed by atoms with Gasteiger partial charge in [0.25, 0.3) is 0 Å². The van der Waals surface area contributed by atoms with E-state index in [1.54, 1.807) is 13.8 Å². The van der Waals surface area contributed by atoms with Gasteiger partial charge in [-0.05, 0) is 31.7 Å². The van der Waals surface area contributed by atoms with Crippen molar-refractivity contribution < 1.29 is 13.2 Å². The highest BCUT2D eigenvalue weighted by Gasteiger charge is 2.33. The molecule has 7 heteroatoms. The van der Waals surface area contributed by atoms with Gasteiger partial charge in [0.05, 0.1) is 5.75 Å². The molecular weight excluding hydrogens is 312 g/mol. The molecule has 1 aliphatic carbocycles. The number of nitrogens with two attached hydrogens (primary N) is 1. The second kappa shape index (κ2) is 8.96. The highest BCUT2D eigenvalue weighted by atomic mass is 35.5. The normalized spacial score (nSPS) is 19.4. The maximum absolute atomic E-state index is 12.1. The number of sulfone groups is 1. The number of carbonyl (C=O) groups excluding carboxylic acids is 1. The van der Waals surface area contributed by atoms with E-state index in [2.05, 4.69) is 5.32 Å². The molecule has 1 amide bonds. The Morgan fingerprint density at radius 2 is 1.86 bits per heavy atom. The Kier molecular flexibility index (Phi) is 8.81. The summed E-state index contributed by atoms with van der Waals surface area (Å²) in [5.74, 6) is 0.0429. The Bertz CT molecular complexity index is 420. The van der Waals surface area contributed by atoms with Crippen LogP contribution in [-0.4, -0.2) is 38.4 Å². The van der Waals surface area contributed by atoms with Gasteiger partial charge in [-0.1, -0.05) is 26.2 Å². The van der Waals surface area contributed by atoms with E-state index in [0.29, 0.717) is 13.0 Å². The zero-order chi connectivity index (χ0) is 15.2. The van der Waals surface area contributed by atoms with Crippen molar-refractivity contribution in [1.29, 1.82) is 0 Å². The van der Waals surface area contributed by atoms with E-state index in [-0.39, 0.29) is 41.3 Å². The zero-order valence-electron chi connectivity index (χ0n) is 13.1. The summed E-state index contributed by atoms with van der Waals surface area (Å²) in [6.07, 6.45) is 5.89. The minimum absolute atomic E-state index is 0. The summed E-state index contributed by atoms with van der Waals surface area (Å²) in [5, 5.41) is 2.80. The van der Waals surface area contributed by atoms with Crippen molar-refractivity contribution in [3.05, 3.63) is 0 Å². The van der Waals surface area contributed by atoms with E-state index in [4.69, 9.17) is 5.73 Å². The summed E-state index contributed by atoms with van der Waals surface area (Å²) in [5.41, 5.74) is 5.79. The van der Waals surface area contributed by atoms with Crippen LogP contribution in [-0.2, 0) is 14.6 Å². The Morgan fingerprint density at radius 1 is 1.29 bits per heavy atom. The van der Waals surface area contributed by atoms with Crippen molar-refractivity contribution in [3.63, 3.8) is 0 Å². The second-order valence-electron chi connectivity index (χ2n) is 6.11. The van der Waals surface area contributed by atoms with Crippen LogP contribution in [0.5, 0.6) is 0 Å². The summed E-state index contributed by atoms with van der Waals surface area (Å²) < 4.78 is 23.1. The van der Waals surface area contributed by atoms with Crippen molar-refractivity contribution in [2.24, 2.45) is 11.1 Å². The number of hydrogen-bond acceptors (Lipinski definition) is 4. The molecule has 1 atom stereocenters. The molecule has 3 N–H and O–H groups in total. The Labute approximate surface area is 134 Å². The number of amides is 1. The minimum atomic E-state index is -3.06. The van der Waals surface area contributed by atoms with Crippen LogP contribution < -0.4 is 11.1 Å². The molecule has 0 spiro atoms. The number of carbonyl (C=O) groups is 1. The van der Waals surface area contributed by atoms with E-state index in [1.807, 2.05) is 0 Å². The van der Waals surface area contributed by atoms with Crippen LogP contribution in [0.1, 0.15) is 52.4 Å². The summed E-state index contributed by atoms with van der Waals surface area (Å²) >= 11 is 0. The number of halogens is 1. The molecule has 21 heavy (non-hydrogen) atoms. The standard InChI is InChI=1S/C14H28N2O3S.ClH/c1-3-20(18,19)10-12(2)16-13(17)9-14(11-15)7-5-4-6-8-14;/h12H,3-11,15H2,1-2H3,(H,16,17);1H. The fourth-order valence-corrected chi connectivity index (χ4v) is 4.04. The van der Waals surface area contributed by atoms with Gasteiger partial charge >= 0.3 is 0 Å². The van der Waals surface area contributed by atoms with Gasteiger partial charge in [-0.3, -0.25) is 4.79 Å². The summed E-state index contributed by atoms with van der Waals surface area (Å²) in [6.45, 7) is 3.89. The smallest absolute Gasteiger partial charge is 0.220 e. The van der Waals surface area contributed by atoms with E-state index < -0.39 is 9.84 Å². The van der Waals surface area contributed by atoms with Crippen molar-refractivity contribution in [2.45, 2.75) is 58.4 Å². The van der Waals surface area contributed by atoms with Gasteiger partial charge in [-0.2, -0.15) is 0 Å². The van der Waals surface area contributed by atoms with Gasteiger partial charge in [-0.15, -0.1) is 12.4 Å². The lowest BCUT2D eigenvalue weighted by Gasteiger charge is -2.36. The molecule has 1 unspecified atom stereocenters. The molecule has 1 aliphatic rings. The molecule has 1 fully saturated rings. The van der Waals surface area contributed by atoms with Gasteiger partial charge in [0.2, 0.25) is 5.91 Å². The fraction of sp³-hybridized carbons (Fsp3) is 0.929. The number of rotatable bonds is 7. The van der Waals surface area contributed by atoms with Crippen LogP contribution >= 0.6 is 12.4 Å². The molecule has 0 radical (unpaired) electrons. The lowest BCUT2D eigenvalue weighted by molar-refractivity contribution is -0.124. The topological polar surface area (TPSA) is 89.3 Å². The van der Waals surface area contributed by atoms with Gasteiger partial charge in [0.15, 0.2) is 9.84 Å². The first-order valence-electron chi connectivity index (χ1n) is 7.52. The first-order chi connectivity index (χ1) is 9.32. The molecule has 0 aromatic carbocycles. The van der Waals surface area contributed by atoms with E-state index >= 15 is 0 Å². The average Bonchev–Trinajstić information content (AvgIpc) is 2.38. The van der Waals surface area contributed by atoms with Crippen molar-refractivity contribution in [2.75, 3.05) is 18.1 Å². The Morgan fingerprint density at radius 3 is 2.33 bits per heavy atom. The molecule has 0 aliphatic heterocycles. The van der Waals surface area contributed by atoms with Crippen molar-refractivity contribution >= 4 is 28.2 Å². The third-order valence-corrected chi connectivity index (χ3v) is 6.12. The van der Waals surface area contributed by atoms with Crippen LogP contribution in [0.15, 0.2) is 0 Å². The van der Waals surface area contributed by atoms with Gasteiger partial charge in [-0.25, -0.2) is 8.42 Å².